The summed E-state index contributed by atoms with van der Waals surface area (Å²) in [7, 11) is 0. The third-order valence-electron chi connectivity index (χ3n) is 4.43. The number of carbonyl (C=O) groups excluding carboxylic acids is 2. The molecule has 0 aromatic heterocycles. The molecular formula is C19H20FN3O3. The molecule has 3 N–H and O–H groups in total. The Morgan fingerprint density at radius 2 is 1.96 bits per heavy atom. The van der Waals surface area contributed by atoms with Crippen molar-refractivity contribution in [2.24, 2.45) is 5.92 Å². The van der Waals surface area contributed by atoms with Gasteiger partial charge in [-0.1, -0.05) is 26.0 Å². The smallest absolute Gasteiger partial charge is 0.274 e. The number of rotatable bonds is 4. The first-order chi connectivity index (χ1) is 12.4. The number of benzene rings is 2. The maximum Gasteiger partial charge on any atom is 0.274 e. The van der Waals surface area contributed by atoms with Crippen molar-refractivity contribution >= 4 is 23.2 Å². The van der Waals surface area contributed by atoms with Crippen LogP contribution < -0.4 is 15.7 Å². The van der Waals surface area contributed by atoms with Crippen LogP contribution in [0.4, 0.5) is 15.8 Å². The molecule has 3 rings (SSSR count). The molecule has 1 aliphatic heterocycles. The fourth-order valence-corrected chi connectivity index (χ4v) is 3.22. The van der Waals surface area contributed by atoms with Crippen LogP contribution in [0.2, 0.25) is 0 Å². The number of nitrogens with zero attached hydrogens (tertiary/aromatic N) is 1. The van der Waals surface area contributed by atoms with Gasteiger partial charge in [-0.25, -0.2) is 9.87 Å². The highest BCUT2D eigenvalue weighted by molar-refractivity contribution is 6.05. The van der Waals surface area contributed by atoms with Gasteiger partial charge >= 0.3 is 0 Å². The summed E-state index contributed by atoms with van der Waals surface area (Å²) in [4.78, 5) is 26.2. The van der Waals surface area contributed by atoms with Gasteiger partial charge < -0.3 is 10.2 Å². The zero-order valence-electron chi connectivity index (χ0n) is 14.5. The van der Waals surface area contributed by atoms with Crippen LogP contribution in [0.15, 0.2) is 42.5 Å². The summed E-state index contributed by atoms with van der Waals surface area (Å²) in [5, 5.41) is 11.6. The van der Waals surface area contributed by atoms with E-state index < -0.39 is 11.9 Å². The molecule has 136 valence electrons. The van der Waals surface area contributed by atoms with Gasteiger partial charge in [0, 0.05) is 12.1 Å². The van der Waals surface area contributed by atoms with Crippen molar-refractivity contribution < 1.29 is 19.2 Å². The van der Waals surface area contributed by atoms with E-state index in [1.54, 1.807) is 29.7 Å². The Morgan fingerprint density at radius 3 is 2.58 bits per heavy atom. The summed E-state index contributed by atoms with van der Waals surface area (Å²) in [5.74, 6) is -1.09. The number of carbonyl (C=O) groups is 2. The number of hydrogen-bond donors (Lipinski definition) is 3. The van der Waals surface area contributed by atoms with E-state index in [-0.39, 0.29) is 23.2 Å². The number of amides is 2. The molecule has 0 bridgehead atoms. The summed E-state index contributed by atoms with van der Waals surface area (Å²) in [6.07, 6.45) is 0. The van der Waals surface area contributed by atoms with Crippen molar-refractivity contribution in [3.63, 3.8) is 0 Å². The van der Waals surface area contributed by atoms with E-state index in [4.69, 9.17) is 5.21 Å². The molecule has 26 heavy (non-hydrogen) atoms. The first-order valence-corrected chi connectivity index (χ1v) is 8.31. The molecule has 0 saturated heterocycles. The van der Waals surface area contributed by atoms with Crippen molar-refractivity contribution in [3.8, 4) is 0 Å². The van der Waals surface area contributed by atoms with Crippen LogP contribution in [0, 0.1) is 11.7 Å². The molecule has 0 unspecified atom stereocenters. The van der Waals surface area contributed by atoms with Gasteiger partial charge in [-0.2, -0.15) is 0 Å². The summed E-state index contributed by atoms with van der Waals surface area (Å²) < 4.78 is 13.2. The van der Waals surface area contributed by atoms with E-state index in [9.17, 15) is 14.0 Å². The maximum atomic E-state index is 13.2. The quantitative estimate of drug-likeness (QED) is 0.580. The molecule has 2 amide bonds. The minimum atomic E-state index is -0.655. The fraction of sp³-hybridized carbons (Fsp3) is 0.263. The van der Waals surface area contributed by atoms with Crippen molar-refractivity contribution in [3.05, 3.63) is 59.4 Å². The summed E-state index contributed by atoms with van der Waals surface area (Å²) in [6.45, 7) is 4.34. The standard InChI is InChI=1S/C19H20FN3O3/c1-11(2)17-19(25)21-15-9-13(18(24)22-26)5-8-16(15)23(17)10-12-3-6-14(20)7-4-12/h3-9,11,17,26H,10H2,1-2H3,(H,21,25)(H,22,24)/t17-/m0/s1. The van der Waals surface area contributed by atoms with Gasteiger partial charge in [-0.3, -0.25) is 14.8 Å². The molecular weight excluding hydrogens is 337 g/mol. The molecule has 2 aromatic carbocycles. The van der Waals surface area contributed by atoms with Crippen LogP contribution in [0.5, 0.6) is 0 Å². The lowest BCUT2D eigenvalue weighted by atomic mass is 9.96. The lowest BCUT2D eigenvalue weighted by molar-refractivity contribution is -0.118. The highest BCUT2D eigenvalue weighted by Crippen LogP contribution is 2.36. The second-order valence-electron chi connectivity index (χ2n) is 6.61. The number of fused-ring (bicyclic) bond motifs is 1. The van der Waals surface area contributed by atoms with Crippen molar-refractivity contribution in [2.75, 3.05) is 10.2 Å². The Labute approximate surface area is 150 Å². The molecule has 2 aromatic rings. The summed E-state index contributed by atoms with van der Waals surface area (Å²) >= 11 is 0. The van der Waals surface area contributed by atoms with Crippen LogP contribution >= 0.6 is 0 Å². The molecule has 1 heterocycles. The lowest BCUT2D eigenvalue weighted by Gasteiger charge is -2.40. The van der Waals surface area contributed by atoms with E-state index in [2.05, 4.69) is 5.32 Å². The van der Waals surface area contributed by atoms with Crippen LogP contribution in [0.1, 0.15) is 29.8 Å². The van der Waals surface area contributed by atoms with Crippen LogP contribution in [0.25, 0.3) is 0 Å². The van der Waals surface area contributed by atoms with Crippen molar-refractivity contribution in [2.45, 2.75) is 26.4 Å². The molecule has 1 aliphatic rings. The van der Waals surface area contributed by atoms with Gasteiger partial charge in [-0.15, -0.1) is 0 Å². The fourth-order valence-electron chi connectivity index (χ4n) is 3.22. The minimum absolute atomic E-state index is 0.0454. The average molecular weight is 357 g/mol. The van der Waals surface area contributed by atoms with Crippen LogP contribution in [0.3, 0.4) is 0 Å². The van der Waals surface area contributed by atoms with Gasteiger partial charge in [0.15, 0.2) is 0 Å². The monoisotopic (exact) mass is 357 g/mol. The van der Waals surface area contributed by atoms with E-state index in [0.29, 0.717) is 12.2 Å². The zero-order valence-corrected chi connectivity index (χ0v) is 14.5. The van der Waals surface area contributed by atoms with Crippen molar-refractivity contribution in [1.29, 1.82) is 0 Å². The Hall–Kier alpha value is -2.93. The Kier molecular flexibility index (Phi) is 4.90. The van der Waals surface area contributed by atoms with E-state index in [0.717, 1.165) is 11.3 Å². The van der Waals surface area contributed by atoms with E-state index in [1.165, 1.54) is 18.2 Å². The van der Waals surface area contributed by atoms with Crippen molar-refractivity contribution in [1.82, 2.24) is 5.48 Å². The number of hydroxylamine groups is 1. The SMILES string of the molecule is CC(C)[C@H]1C(=O)Nc2cc(C(=O)NO)ccc2N1Cc1ccc(F)cc1. The normalized spacial score (nSPS) is 16.3. The third kappa shape index (κ3) is 3.39. The topological polar surface area (TPSA) is 81.7 Å². The van der Waals surface area contributed by atoms with E-state index >= 15 is 0 Å². The molecule has 0 saturated carbocycles. The molecule has 0 fully saturated rings. The molecule has 1 atom stereocenters. The lowest BCUT2D eigenvalue weighted by Crippen LogP contribution is -2.50. The van der Waals surface area contributed by atoms with Gasteiger partial charge in [0.05, 0.1) is 11.4 Å². The van der Waals surface area contributed by atoms with Crippen LogP contribution in [-0.4, -0.2) is 23.1 Å². The molecule has 0 radical (unpaired) electrons. The third-order valence-corrected chi connectivity index (χ3v) is 4.43. The summed E-state index contributed by atoms with van der Waals surface area (Å²) in [5.41, 5.74) is 3.95. The average Bonchev–Trinajstić information content (AvgIpc) is 2.61. The highest BCUT2D eigenvalue weighted by Gasteiger charge is 2.35. The number of halogens is 1. The van der Waals surface area contributed by atoms with Gasteiger partial charge in [0.2, 0.25) is 5.91 Å². The van der Waals surface area contributed by atoms with E-state index in [1.807, 2.05) is 18.7 Å². The molecule has 7 heteroatoms. The first kappa shape index (κ1) is 17.9. The number of nitrogens with one attached hydrogen (secondary N) is 2. The first-order valence-electron chi connectivity index (χ1n) is 8.31. The second-order valence-corrected chi connectivity index (χ2v) is 6.61. The number of hydrogen-bond acceptors (Lipinski definition) is 4. The largest absolute Gasteiger partial charge is 0.353 e. The highest BCUT2D eigenvalue weighted by atomic mass is 19.1. The molecule has 0 spiro atoms. The Bertz CT molecular complexity index is 836. The predicted molar refractivity (Wildman–Crippen MR) is 95.5 cm³/mol. The van der Waals surface area contributed by atoms with Gasteiger partial charge in [0.25, 0.3) is 5.91 Å². The van der Waals surface area contributed by atoms with Gasteiger partial charge in [0.1, 0.15) is 11.9 Å². The molecule has 6 nitrogen and oxygen atoms in total. The zero-order chi connectivity index (χ0) is 18.8. The number of anilines is 2. The van der Waals surface area contributed by atoms with Gasteiger partial charge in [-0.05, 0) is 41.8 Å². The molecule has 0 aliphatic carbocycles. The Morgan fingerprint density at radius 1 is 1.27 bits per heavy atom. The predicted octanol–water partition coefficient (Wildman–Crippen LogP) is 2.93. The second kappa shape index (κ2) is 7.13. The Balaban J connectivity index is 2.02. The minimum Gasteiger partial charge on any atom is -0.353 e. The van der Waals surface area contributed by atoms with Crippen LogP contribution in [-0.2, 0) is 11.3 Å². The summed E-state index contributed by atoms with van der Waals surface area (Å²) in [6, 6.07) is 10.6. The maximum absolute atomic E-state index is 13.2.